The lowest BCUT2D eigenvalue weighted by Crippen LogP contribution is -2.39. The van der Waals surface area contributed by atoms with Crippen LogP contribution in [0.15, 0.2) is 18.2 Å². The average molecular weight is 288 g/mol. The first kappa shape index (κ1) is 17.2. The van der Waals surface area contributed by atoms with E-state index in [0.717, 1.165) is 5.56 Å². The van der Waals surface area contributed by atoms with E-state index in [1.165, 1.54) is 0 Å². The fraction of sp³-hybridized carbons (Fsp3) is 0.333. The standard InChI is InChI=1S/C12H17N3O3.ClH/c1-7-5-8(18-2)3-4-10(7)15-12(17)9(13)6-11(14)16;/h3-5,9H,6,13H2,1-2H3,(H2,14,16)(H,15,17);1H. The van der Waals surface area contributed by atoms with E-state index in [2.05, 4.69) is 5.32 Å². The molecule has 2 amide bonds. The molecule has 0 aliphatic heterocycles. The number of ether oxygens (including phenoxy) is 1. The molecule has 0 aromatic heterocycles. The SMILES string of the molecule is COc1ccc(NC(=O)C(N)CC(N)=O)c(C)c1.Cl. The van der Waals surface area contributed by atoms with Crippen LogP contribution in [0, 0.1) is 6.92 Å². The zero-order chi connectivity index (χ0) is 13.7. The lowest BCUT2D eigenvalue weighted by atomic mass is 10.1. The van der Waals surface area contributed by atoms with Gasteiger partial charge in [0.25, 0.3) is 0 Å². The number of halogens is 1. The second-order valence-corrected chi connectivity index (χ2v) is 3.95. The molecule has 1 rings (SSSR count). The molecule has 0 saturated carbocycles. The number of hydrogen-bond acceptors (Lipinski definition) is 4. The Hall–Kier alpha value is -1.79. The molecule has 0 saturated heterocycles. The number of aryl methyl sites for hydroxylation is 1. The Morgan fingerprint density at radius 3 is 2.53 bits per heavy atom. The number of primary amides is 1. The largest absolute Gasteiger partial charge is 0.497 e. The minimum Gasteiger partial charge on any atom is -0.497 e. The molecule has 1 aromatic carbocycles. The molecule has 0 spiro atoms. The molecule has 7 heteroatoms. The molecule has 1 aromatic rings. The zero-order valence-electron chi connectivity index (χ0n) is 10.8. The highest BCUT2D eigenvalue weighted by Crippen LogP contribution is 2.21. The third-order valence-electron chi connectivity index (χ3n) is 2.45. The van der Waals surface area contributed by atoms with Crippen LogP contribution < -0.4 is 21.5 Å². The number of rotatable bonds is 5. The first-order chi connectivity index (χ1) is 8.43. The van der Waals surface area contributed by atoms with Crippen molar-refractivity contribution in [3.63, 3.8) is 0 Å². The van der Waals surface area contributed by atoms with Gasteiger partial charge >= 0.3 is 0 Å². The summed E-state index contributed by atoms with van der Waals surface area (Å²) in [4.78, 5) is 22.3. The van der Waals surface area contributed by atoms with Crippen molar-refractivity contribution in [3.8, 4) is 5.75 Å². The van der Waals surface area contributed by atoms with Gasteiger partial charge < -0.3 is 21.5 Å². The van der Waals surface area contributed by atoms with Gasteiger partial charge in [-0.1, -0.05) is 0 Å². The summed E-state index contributed by atoms with van der Waals surface area (Å²) in [6.07, 6.45) is -0.180. The predicted molar refractivity (Wildman–Crippen MR) is 75.4 cm³/mol. The number of nitrogens with two attached hydrogens (primary N) is 2. The van der Waals surface area contributed by atoms with Crippen LogP contribution in [0.2, 0.25) is 0 Å². The molecule has 0 radical (unpaired) electrons. The summed E-state index contributed by atoms with van der Waals surface area (Å²) in [5.74, 6) is -0.349. The molecule has 0 fully saturated rings. The van der Waals surface area contributed by atoms with Gasteiger partial charge in [0.1, 0.15) is 5.75 Å². The molecular formula is C12H18ClN3O3. The molecule has 19 heavy (non-hydrogen) atoms. The first-order valence-corrected chi connectivity index (χ1v) is 5.43. The molecule has 0 heterocycles. The zero-order valence-corrected chi connectivity index (χ0v) is 11.6. The average Bonchev–Trinajstić information content (AvgIpc) is 2.30. The number of hydrogen-bond donors (Lipinski definition) is 3. The molecule has 0 bridgehead atoms. The van der Waals surface area contributed by atoms with Gasteiger partial charge in [0.2, 0.25) is 11.8 Å². The Balaban J connectivity index is 0.00000324. The highest BCUT2D eigenvalue weighted by atomic mass is 35.5. The molecule has 1 unspecified atom stereocenters. The van der Waals surface area contributed by atoms with E-state index < -0.39 is 17.9 Å². The van der Waals surface area contributed by atoms with Crippen molar-refractivity contribution in [1.29, 1.82) is 0 Å². The van der Waals surface area contributed by atoms with E-state index in [9.17, 15) is 9.59 Å². The number of methoxy groups -OCH3 is 1. The lowest BCUT2D eigenvalue weighted by molar-refractivity contribution is -0.123. The van der Waals surface area contributed by atoms with E-state index in [1.807, 2.05) is 6.92 Å². The van der Waals surface area contributed by atoms with E-state index in [-0.39, 0.29) is 18.8 Å². The number of benzene rings is 1. The van der Waals surface area contributed by atoms with Gasteiger partial charge in [-0.25, -0.2) is 0 Å². The van der Waals surface area contributed by atoms with Crippen molar-refractivity contribution >= 4 is 29.9 Å². The van der Waals surface area contributed by atoms with Crippen LogP contribution in [0.4, 0.5) is 5.69 Å². The smallest absolute Gasteiger partial charge is 0.241 e. The third-order valence-corrected chi connectivity index (χ3v) is 2.45. The van der Waals surface area contributed by atoms with Crippen molar-refractivity contribution in [2.24, 2.45) is 11.5 Å². The maximum Gasteiger partial charge on any atom is 0.241 e. The third kappa shape index (κ3) is 5.15. The number of carbonyl (C=O) groups is 2. The van der Waals surface area contributed by atoms with Crippen molar-refractivity contribution < 1.29 is 14.3 Å². The maximum absolute atomic E-state index is 11.7. The molecule has 1 atom stereocenters. The van der Waals surface area contributed by atoms with Crippen molar-refractivity contribution in [3.05, 3.63) is 23.8 Å². The highest BCUT2D eigenvalue weighted by molar-refractivity contribution is 5.97. The van der Waals surface area contributed by atoms with E-state index in [0.29, 0.717) is 11.4 Å². The fourth-order valence-corrected chi connectivity index (χ4v) is 1.44. The molecule has 6 nitrogen and oxygen atoms in total. The number of anilines is 1. The number of amides is 2. The van der Waals surface area contributed by atoms with E-state index in [1.54, 1.807) is 25.3 Å². The molecule has 106 valence electrons. The normalized spacial score (nSPS) is 11.1. The predicted octanol–water partition coefficient (Wildman–Crippen LogP) is 0.567. The monoisotopic (exact) mass is 287 g/mol. The van der Waals surface area contributed by atoms with Gasteiger partial charge in [-0.3, -0.25) is 9.59 Å². The summed E-state index contributed by atoms with van der Waals surface area (Å²) in [6.45, 7) is 1.83. The van der Waals surface area contributed by atoms with Crippen LogP contribution in [-0.4, -0.2) is 25.0 Å². The van der Waals surface area contributed by atoms with Gasteiger partial charge in [0, 0.05) is 5.69 Å². The van der Waals surface area contributed by atoms with Crippen LogP contribution in [0.5, 0.6) is 5.75 Å². The quantitative estimate of drug-likeness (QED) is 0.735. The Labute approximate surface area is 117 Å². The van der Waals surface area contributed by atoms with Crippen molar-refractivity contribution in [2.75, 3.05) is 12.4 Å². The van der Waals surface area contributed by atoms with Crippen molar-refractivity contribution in [2.45, 2.75) is 19.4 Å². The first-order valence-electron chi connectivity index (χ1n) is 5.43. The highest BCUT2D eigenvalue weighted by Gasteiger charge is 2.16. The second kappa shape index (κ2) is 7.60. The summed E-state index contributed by atoms with van der Waals surface area (Å²) in [6, 6.07) is 4.28. The van der Waals surface area contributed by atoms with Gasteiger partial charge in [-0.15, -0.1) is 12.4 Å². The Kier molecular flexibility index (Phi) is 6.89. The number of carbonyl (C=O) groups excluding carboxylic acids is 2. The Morgan fingerprint density at radius 1 is 1.42 bits per heavy atom. The molecule has 0 aliphatic carbocycles. The van der Waals surface area contributed by atoms with E-state index >= 15 is 0 Å². The van der Waals surface area contributed by atoms with Gasteiger partial charge in [-0.05, 0) is 30.7 Å². The second-order valence-electron chi connectivity index (χ2n) is 3.95. The summed E-state index contributed by atoms with van der Waals surface area (Å²) < 4.78 is 5.06. The van der Waals surface area contributed by atoms with Crippen LogP contribution in [0.25, 0.3) is 0 Å². The van der Waals surface area contributed by atoms with Crippen LogP contribution >= 0.6 is 12.4 Å². The van der Waals surface area contributed by atoms with Crippen LogP contribution in [0.1, 0.15) is 12.0 Å². The Bertz CT molecular complexity index is 466. The Morgan fingerprint density at radius 2 is 2.05 bits per heavy atom. The summed E-state index contributed by atoms with van der Waals surface area (Å²) in [5, 5.41) is 2.64. The maximum atomic E-state index is 11.7. The fourth-order valence-electron chi connectivity index (χ4n) is 1.44. The minimum absolute atomic E-state index is 0. The molecule has 0 aliphatic rings. The number of nitrogens with one attached hydrogen (secondary N) is 1. The van der Waals surface area contributed by atoms with Crippen LogP contribution in [0.3, 0.4) is 0 Å². The van der Waals surface area contributed by atoms with Gasteiger partial charge in [-0.2, -0.15) is 0 Å². The summed E-state index contributed by atoms with van der Waals surface area (Å²) in [7, 11) is 1.57. The minimum atomic E-state index is -0.941. The van der Waals surface area contributed by atoms with E-state index in [4.69, 9.17) is 16.2 Å². The lowest BCUT2D eigenvalue weighted by Gasteiger charge is -2.13. The van der Waals surface area contributed by atoms with Gasteiger partial charge in [0.15, 0.2) is 0 Å². The summed E-state index contributed by atoms with van der Waals surface area (Å²) >= 11 is 0. The topological polar surface area (TPSA) is 107 Å². The van der Waals surface area contributed by atoms with Crippen molar-refractivity contribution in [1.82, 2.24) is 0 Å². The summed E-state index contributed by atoms with van der Waals surface area (Å²) in [5.41, 5.74) is 12.0. The molecule has 5 N–H and O–H groups in total. The van der Waals surface area contributed by atoms with Crippen LogP contribution in [-0.2, 0) is 9.59 Å². The molecular weight excluding hydrogens is 270 g/mol. The van der Waals surface area contributed by atoms with Gasteiger partial charge in [0.05, 0.1) is 19.6 Å².